The molecule has 0 radical (unpaired) electrons. The molecule has 3 aromatic heterocycles. The summed E-state index contributed by atoms with van der Waals surface area (Å²) in [7, 11) is 0. The first-order valence-electron chi connectivity index (χ1n) is 10.8. The predicted molar refractivity (Wildman–Crippen MR) is 123 cm³/mol. The lowest BCUT2D eigenvalue weighted by molar-refractivity contribution is -0.137. The van der Waals surface area contributed by atoms with Crippen LogP contribution in [0.5, 0.6) is 0 Å². The molecule has 1 aliphatic heterocycles. The number of nitrogens with zero attached hydrogens (tertiary/aromatic N) is 6. The second-order valence-electron chi connectivity index (χ2n) is 8.37. The molecule has 8 nitrogen and oxygen atoms in total. The van der Waals surface area contributed by atoms with Gasteiger partial charge in [-0.2, -0.15) is 18.3 Å². The molecule has 12 heteroatoms. The summed E-state index contributed by atoms with van der Waals surface area (Å²) in [4.78, 5) is 27.9. The van der Waals surface area contributed by atoms with Crippen molar-refractivity contribution in [2.24, 2.45) is 0 Å². The number of rotatable bonds is 4. The Morgan fingerprint density at radius 2 is 2.03 bits per heavy atom. The lowest BCUT2D eigenvalue weighted by Gasteiger charge is -2.40. The van der Waals surface area contributed by atoms with Crippen LogP contribution in [0.25, 0.3) is 22.6 Å². The van der Waals surface area contributed by atoms with E-state index in [1.807, 2.05) is 36.9 Å². The molecule has 1 N–H and O–H groups in total. The fourth-order valence-electron chi connectivity index (χ4n) is 4.16. The number of hydrogen-bond donors (Lipinski definition) is 1. The first-order chi connectivity index (χ1) is 16.2. The number of benzene rings is 1. The van der Waals surface area contributed by atoms with E-state index in [2.05, 4.69) is 20.1 Å². The van der Waals surface area contributed by atoms with Crippen LogP contribution in [0, 0.1) is 6.92 Å². The minimum atomic E-state index is -4.56. The number of anilines is 1. The number of aryl methyl sites for hydroxylation is 1. The van der Waals surface area contributed by atoms with Crippen molar-refractivity contribution in [2.75, 3.05) is 24.5 Å². The summed E-state index contributed by atoms with van der Waals surface area (Å²) in [6.07, 6.45) is -1.07. The average molecular weight is 490 g/mol. The molecule has 0 unspecified atom stereocenters. The number of aromatic nitrogens is 5. The van der Waals surface area contributed by atoms with Gasteiger partial charge in [0.05, 0.1) is 17.2 Å². The van der Waals surface area contributed by atoms with Gasteiger partial charge in [-0.1, -0.05) is 23.5 Å². The summed E-state index contributed by atoms with van der Waals surface area (Å²) in [5, 5.41) is 3.64. The first kappa shape index (κ1) is 22.4. The van der Waals surface area contributed by atoms with E-state index < -0.39 is 11.2 Å². The Morgan fingerprint density at radius 1 is 1.24 bits per heavy atom. The summed E-state index contributed by atoms with van der Waals surface area (Å²) in [6, 6.07) is 7.06. The zero-order valence-electron chi connectivity index (χ0n) is 18.5. The molecule has 0 bridgehead atoms. The summed E-state index contributed by atoms with van der Waals surface area (Å²) in [6.45, 7) is 5.09. The number of amides is 1. The zero-order chi connectivity index (χ0) is 24.0. The fraction of sp³-hybridized carbons (Fsp3) is 0.364. The molecule has 178 valence electrons. The molecular weight excluding hydrogens is 467 g/mol. The smallest absolute Gasteiger partial charge is 0.358 e. The molecule has 1 amide bonds. The highest BCUT2D eigenvalue weighted by atomic mass is 32.1. The lowest BCUT2D eigenvalue weighted by atomic mass is 10.2. The van der Waals surface area contributed by atoms with E-state index >= 15 is 0 Å². The maximum atomic E-state index is 13.6. The molecule has 0 spiro atoms. The normalized spacial score (nSPS) is 17.0. The van der Waals surface area contributed by atoms with E-state index in [-0.39, 0.29) is 24.2 Å². The summed E-state index contributed by atoms with van der Waals surface area (Å²) < 4.78 is 42.3. The molecule has 0 saturated carbocycles. The van der Waals surface area contributed by atoms with E-state index in [0.29, 0.717) is 47.3 Å². The fourth-order valence-corrected chi connectivity index (χ4v) is 5.13. The highest BCUT2D eigenvalue weighted by Gasteiger charge is 2.39. The average Bonchev–Trinajstić information content (AvgIpc) is 3.50. The van der Waals surface area contributed by atoms with Gasteiger partial charge >= 0.3 is 6.18 Å². The Morgan fingerprint density at radius 3 is 2.71 bits per heavy atom. The Bertz CT molecular complexity index is 1310. The Labute approximate surface area is 197 Å². The van der Waals surface area contributed by atoms with Crippen LogP contribution < -0.4 is 4.90 Å². The summed E-state index contributed by atoms with van der Waals surface area (Å²) >= 11 is 0.607. The topological polar surface area (TPSA) is 82.9 Å². The molecule has 4 aromatic rings. The van der Waals surface area contributed by atoms with Crippen molar-refractivity contribution >= 4 is 33.3 Å². The number of nitrogens with one attached hydrogen (secondary N) is 1. The number of para-hydroxylation sites is 2. The molecular formula is C22H22F3N7OS. The van der Waals surface area contributed by atoms with Crippen molar-refractivity contribution in [1.82, 2.24) is 29.6 Å². The molecule has 0 aliphatic carbocycles. The van der Waals surface area contributed by atoms with Crippen molar-refractivity contribution < 1.29 is 18.0 Å². The minimum Gasteiger partial charge on any atom is -0.358 e. The van der Waals surface area contributed by atoms with Gasteiger partial charge in [-0.05, 0) is 31.5 Å². The van der Waals surface area contributed by atoms with Crippen LogP contribution >= 0.6 is 11.3 Å². The number of carbonyl (C=O) groups excluding carboxylic acids is 1. The number of piperazine rings is 1. The Hall–Kier alpha value is -3.41. The van der Waals surface area contributed by atoms with Crippen LogP contribution in [0.1, 0.15) is 17.5 Å². The van der Waals surface area contributed by atoms with Gasteiger partial charge < -0.3 is 14.8 Å². The van der Waals surface area contributed by atoms with E-state index in [9.17, 15) is 18.0 Å². The van der Waals surface area contributed by atoms with Crippen molar-refractivity contribution in [1.29, 1.82) is 0 Å². The van der Waals surface area contributed by atoms with Crippen molar-refractivity contribution in [3.05, 3.63) is 47.2 Å². The monoisotopic (exact) mass is 489 g/mol. The number of alkyl halides is 3. The number of fused-ring (bicyclic) bond motifs is 1. The van der Waals surface area contributed by atoms with Gasteiger partial charge in [0.2, 0.25) is 10.9 Å². The van der Waals surface area contributed by atoms with Gasteiger partial charge in [-0.25, -0.2) is 9.97 Å². The predicted octanol–water partition coefficient (Wildman–Crippen LogP) is 3.95. The number of hydrogen-bond acceptors (Lipinski definition) is 6. The molecule has 34 heavy (non-hydrogen) atoms. The number of thiazole rings is 1. The number of halogens is 3. The number of H-pyrrole nitrogens is 1. The second-order valence-corrected chi connectivity index (χ2v) is 9.35. The SMILES string of the molecule is Cc1cnn(CC(=O)N2CCN(c3sc(C(F)(F)F)nc3-c3nc4ccccc4[nH]3)C[C@H]2C)c1. The Balaban J connectivity index is 1.41. The van der Waals surface area contributed by atoms with E-state index in [1.165, 1.54) is 0 Å². The van der Waals surface area contributed by atoms with Crippen LogP contribution in [0.3, 0.4) is 0 Å². The van der Waals surface area contributed by atoms with E-state index in [1.54, 1.807) is 28.0 Å². The van der Waals surface area contributed by atoms with Crippen molar-refractivity contribution in [3.63, 3.8) is 0 Å². The van der Waals surface area contributed by atoms with Gasteiger partial charge in [0.1, 0.15) is 17.2 Å². The van der Waals surface area contributed by atoms with Gasteiger partial charge in [0, 0.05) is 31.9 Å². The molecule has 5 rings (SSSR count). The second kappa shape index (κ2) is 8.42. The summed E-state index contributed by atoms with van der Waals surface area (Å²) in [5.41, 5.74) is 2.52. The van der Waals surface area contributed by atoms with Gasteiger partial charge in [-0.3, -0.25) is 9.48 Å². The highest BCUT2D eigenvalue weighted by Crippen LogP contribution is 2.42. The van der Waals surface area contributed by atoms with Crippen LogP contribution in [-0.2, 0) is 17.5 Å². The quantitative estimate of drug-likeness (QED) is 0.470. The number of aromatic amines is 1. The van der Waals surface area contributed by atoms with E-state index in [4.69, 9.17) is 0 Å². The molecule has 1 aromatic carbocycles. The van der Waals surface area contributed by atoms with Gasteiger partial charge in [-0.15, -0.1) is 0 Å². The zero-order valence-corrected chi connectivity index (χ0v) is 19.3. The van der Waals surface area contributed by atoms with E-state index in [0.717, 1.165) is 11.1 Å². The van der Waals surface area contributed by atoms with Crippen molar-refractivity contribution in [3.8, 4) is 11.5 Å². The molecule has 4 heterocycles. The van der Waals surface area contributed by atoms with Crippen LogP contribution in [0.2, 0.25) is 0 Å². The maximum Gasteiger partial charge on any atom is 0.443 e. The highest BCUT2D eigenvalue weighted by molar-refractivity contribution is 7.16. The molecule has 1 saturated heterocycles. The van der Waals surface area contributed by atoms with Crippen LogP contribution in [0.4, 0.5) is 18.2 Å². The third-order valence-corrected chi connectivity index (χ3v) is 6.92. The van der Waals surface area contributed by atoms with Crippen molar-refractivity contribution in [2.45, 2.75) is 32.6 Å². The van der Waals surface area contributed by atoms with Crippen LogP contribution in [0.15, 0.2) is 36.7 Å². The molecule has 1 atom stereocenters. The van der Waals surface area contributed by atoms with Gasteiger partial charge in [0.15, 0.2) is 5.82 Å². The molecule has 1 fully saturated rings. The van der Waals surface area contributed by atoms with Gasteiger partial charge in [0.25, 0.3) is 0 Å². The third-order valence-electron chi connectivity index (χ3n) is 5.76. The standard InChI is InChI=1S/C22H22F3N7OS/c1-13-9-26-31(10-13)12-17(33)32-8-7-30(11-14(32)2)20-18(29-21(34-20)22(23,24)25)19-27-15-5-3-4-6-16(15)28-19/h3-6,9-10,14H,7-8,11-12H2,1-2H3,(H,27,28)/t14-/m1/s1. The first-order valence-corrected chi connectivity index (χ1v) is 11.6. The minimum absolute atomic E-state index is 0.0759. The lowest BCUT2D eigenvalue weighted by Crippen LogP contribution is -2.54. The van der Waals surface area contributed by atoms with Crippen LogP contribution in [-0.4, -0.2) is 61.2 Å². The third kappa shape index (κ3) is 4.25. The largest absolute Gasteiger partial charge is 0.443 e. The number of imidazole rings is 1. The summed E-state index contributed by atoms with van der Waals surface area (Å²) in [5.74, 6) is 0.219. The maximum absolute atomic E-state index is 13.6. The Kier molecular flexibility index (Phi) is 5.54. The molecule has 1 aliphatic rings. The number of carbonyl (C=O) groups is 1.